The highest BCUT2D eigenvalue weighted by Crippen LogP contribution is 2.18. The number of hydrogen-bond donors (Lipinski definition) is 2. The summed E-state index contributed by atoms with van der Waals surface area (Å²) in [5.74, 6) is -1.25. The first-order valence-corrected chi connectivity index (χ1v) is 5.12. The molecule has 2 rings (SSSR count). The second-order valence-corrected chi connectivity index (χ2v) is 3.73. The van der Waals surface area contributed by atoms with Crippen LogP contribution in [0.1, 0.15) is 18.0 Å². The van der Waals surface area contributed by atoms with Crippen LogP contribution in [0.4, 0.5) is 8.78 Å². The van der Waals surface area contributed by atoms with Crippen molar-refractivity contribution in [3.05, 3.63) is 35.4 Å². The lowest BCUT2D eigenvalue weighted by molar-refractivity contribution is -0.120. The number of benzene rings is 1. The Kier molecular flexibility index (Phi) is 3.14. The van der Waals surface area contributed by atoms with Crippen LogP contribution < -0.4 is 10.6 Å². The van der Waals surface area contributed by atoms with Crippen LogP contribution in [0.3, 0.4) is 0 Å². The van der Waals surface area contributed by atoms with E-state index in [2.05, 4.69) is 10.6 Å². The molecule has 0 saturated carbocycles. The summed E-state index contributed by atoms with van der Waals surface area (Å²) in [6.45, 7) is 0.814. The van der Waals surface area contributed by atoms with E-state index in [1.165, 1.54) is 12.1 Å². The van der Waals surface area contributed by atoms with Gasteiger partial charge in [-0.1, -0.05) is 6.07 Å². The average molecular weight is 226 g/mol. The Morgan fingerprint density at radius 3 is 2.88 bits per heavy atom. The number of halogens is 2. The Morgan fingerprint density at radius 1 is 1.31 bits per heavy atom. The van der Waals surface area contributed by atoms with Gasteiger partial charge in [0, 0.05) is 31.1 Å². The molecule has 1 atom stereocenters. The predicted molar refractivity (Wildman–Crippen MR) is 54.7 cm³/mol. The Balaban J connectivity index is 2.19. The van der Waals surface area contributed by atoms with E-state index in [9.17, 15) is 13.6 Å². The summed E-state index contributed by atoms with van der Waals surface area (Å²) in [5.41, 5.74) is 0.378. The lowest BCUT2D eigenvalue weighted by Crippen LogP contribution is -2.29. The van der Waals surface area contributed by atoms with E-state index < -0.39 is 11.6 Å². The zero-order valence-electron chi connectivity index (χ0n) is 8.59. The second kappa shape index (κ2) is 4.57. The summed E-state index contributed by atoms with van der Waals surface area (Å²) in [6.07, 6.45) is 0.374. The zero-order chi connectivity index (χ0) is 11.5. The molecule has 3 nitrogen and oxygen atoms in total. The number of amides is 1. The fourth-order valence-corrected chi connectivity index (χ4v) is 1.74. The lowest BCUT2D eigenvalue weighted by Gasteiger charge is -2.16. The van der Waals surface area contributed by atoms with Gasteiger partial charge in [0.05, 0.1) is 6.04 Å². The molecule has 16 heavy (non-hydrogen) atoms. The van der Waals surface area contributed by atoms with Gasteiger partial charge < -0.3 is 10.6 Å². The standard InChI is InChI=1S/C11H12F2N2O/c12-7-1-2-8(9(13)5-7)10-6-15-11(16)3-4-14-10/h1-2,5,10,14H,3-4,6H2,(H,15,16). The molecule has 1 heterocycles. The molecule has 1 aromatic carbocycles. The monoisotopic (exact) mass is 226 g/mol. The highest BCUT2D eigenvalue weighted by molar-refractivity contribution is 5.76. The molecule has 2 N–H and O–H groups in total. The first-order valence-electron chi connectivity index (χ1n) is 5.12. The third-order valence-corrected chi connectivity index (χ3v) is 2.58. The summed E-state index contributed by atoms with van der Waals surface area (Å²) >= 11 is 0. The van der Waals surface area contributed by atoms with Gasteiger partial charge in [-0.3, -0.25) is 4.79 Å². The van der Waals surface area contributed by atoms with E-state index in [1.807, 2.05) is 0 Å². The number of nitrogens with one attached hydrogen (secondary N) is 2. The molecule has 86 valence electrons. The van der Waals surface area contributed by atoms with Gasteiger partial charge in [0.1, 0.15) is 11.6 Å². The molecular formula is C11H12F2N2O. The molecule has 1 aromatic rings. The lowest BCUT2D eigenvalue weighted by atomic mass is 10.1. The molecule has 0 bridgehead atoms. The van der Waals surface area contributed by atoms with Crippen LogP contribution in [0, 0.1) is 11.6 Å². The summed E-state index contributed by atoms with van der Waals surface area (Å²) < 4.78 is 26.2. The van der Waals surface area contributed by atoms with Crippen molar-refractivity contribution in [3.63, 3.8) is 0 Å². The molecule has 1 saturated heterocycles. The van der Waals surface area contributed by atoms with Gasteiger partial charge >= 0.3 is 0 Å². The highest BCUT2D eigenvalue weighted by atomic mass is 19.1. The van der Waals surface area contributed by atoms with Gasteiger partial charge in [-0.2, -0.15) is 0 Å². The van der Waals surface area contributed by atoms with E-state index in [1.54, 1.807) is 0 Å². The van der Waals surface area contributed by atoms with Crippen LogP contribution in [0.15, 0.2) is 18.2 Å². The van der Waals surface area contributed by atoms with Gasteiger partial charge in [-0.05, 0) is 6.07 Å². The number of carbonyl (C=O) groups excluding carboxylic acids is 1. The van der Waals surface area contributed by atoms with Gasteiger partial charge in [-0.25, -0.2) is 8.78 Å². The molecular weight excluding hydrogens is 214 g/mol. The molecule has 0 aliphatic carbocycles. The molecule has 1 fully saturated rings. The molecule has 0 aromatic heterocycles. The quantitative estimate of drug-likeness (QED) is 0.753. The first kappa shape index (κ1) is 11.0. The Bertz CT molecular complexity index is 409. The molecule has 1 aliphatic heterocycles. The van der Waals surface area contributed by atoms with Crippen molar-refractivity contribution < 1.29 is 13.6 Å². The largest absolute Gasteiger partial charge is 0.354 e. The van der Waals surface area contributed by atoms with Gasteiger partial charge in [0.15, 0.2) is 0 Å². The molecule has 1 aliphatic rings. The fraction of sp³-hybridized carbons (Fsp3) is 0.364. The van der Waals surface area contributed by atoms with Crippen molar-refractivity contribution in [1.82, 2.24) is 10.6 Å². The SMILES string of the molecule is O=C1CCNC(c2ccc(F)cc2F)CN1. The fourth-order valence-electron chi connectivity index (χ4n) is 1.74. The minimum absolute atomic E-state index is 0.0579. The van der Waals surface area contributed by atoms with Crippen molar-refractivity contribution >= 4 is 5.91 Å². The van der Waals surface area contributed by atoms with Gasteiger partial charge in [-0.15, -0.1) is 0 Å². The summed E-state index contributed by atoms with van der Waals surface area (Å²) in [6, 6.07) is 3.17. The third-order valence-electron chi connectivity index (χ3n) is 2.58. The minimum atomic E-state index is -0.598. The molecule has 5 heteroatoms. The van der Waals surface area contributed by atoms with Gasteiger partial charge in [0.2, 0.25) is 5.91 Å². The molecule has 0 spiro atoms. The van der Waals surface area contributed by atoms with E-state index in [0.717, 1.165) is 6.07 Å². The normalized spacial score (nSPS) is 21.4. The van der Waals surface area contributed by atoms with Crippen LogP contribution in [0.5, 0.6) is 0 Å². The van der Waals surface area contributed by atoms with E-state index >= 15 is 0 Å². The first-order chi connectivity index (χ1) is 7.66. The molecule has 1 unspecified atom stereocenters. The van der Waals surface area contributed by atoms with E-state index in [-0.39, 0.29) is 11.9 Å². The van der Waals surface area contributed by atoms with Gasteiger partial charge in [0.25, 0.3) is 0 Å². The van der Waals surface area contributed by atoms with Crippen LogP contribution in [0.25, 0.3) is 0 Å². The van der Waals surface area contributed by atoms with Crippen LogP contribution in [-0.4, -0.2) is 19.0 Å². The second-order valence-electron chi connectivity index (χ2n) is 3.73. The van der Waals surface area contributed by atoms with E-state index in [0.29, 0.717) is 25.1 Å². The van der Waals surface area contributed by atoms with Crippen molar-refractivity contribution in [3.8, 4) is 0 Å². The zero-order valence-corrected chi connectivity index (χ0v) is 8.59. The van der Waals surface area contributed by atoms with Crippen molar-refractivity contribution in [2.24, 2.45) is 0 Å². The minimum Gasteiger partial charge on any atom is -0.354 e. The van der Waals surface area contributed by atoms with Crippen LogP contribution in [0.2, 0.25) is 0 Å². The predicted octanol–water partition coefficient (Wildman–Crippen LogP) is 1.12. The summed E-state index contributed by atoms with van der Waals surface area (Å²) in [4.78, 5) is 11.1. The Hall–Kier alpha value is -1.49. The van der Waals surface area contributed by atoms with Crippen LogP contribution in [-0.2, 0) is 4.79 Å². The molecule has 1 amide bonds. The Labute approximate surface area is 91.8 Å². The van der Waals surface area contributed by atoms with Crippen molar-refractivity contribution in [2.45, 2.75) is 12.5 Å². The highest BCUT2D eigenvalue weighted by Gasteiger charge is 2.19. The van der Waals surface area contributed by atoms with Crippen molar-refractivity contribution in [1.29, 1.82) is 0 Å². The Morgan fingerprint density at radius 2 is 2.12 bits per heavy atom. The number of carbonyl (C=O) groups is 1. The smallest absolute Gasteiger partial charge is 0.221 e. The number of hydrogen-bond acceptors (Lipinski definition) is 2. The maximum Gasteiger partial charge on any atom is 0.221 e. The average Bonchev–Trinajstić information content (AvgIpc) is 2.43. The van der Waals surface area contributed by atoms with E-state index in [4.69, 9.17) is 0 Å². The summed E-state index contributed by atoms with van der Waals surface area (Å²) in [7, 11) is 0. The topological polar surface area (TPSA) is 41.1 Å². The third kappa shape index (κ3) is 2.36. The number of rotatable bonds is 1. The maximum atomic E-state index is 13.5. The molecule has 0 radical (unpaired) electrons. The van der Waals surface area contributed by atoms with Crippen LogP contribution >= 0.6 is 0 Å². The van der Waals surface area contributed by atoms with Crippen molar-refractivity contribution in [2.75, 3.05) is 13.1 Å². The maximum absolute atomic E-state index is 13.5. The summed E-state index contributed by atoms with van der Waals surface area (Å²) in [5, 5.41) is 5.72.